The monoisotopic (exact) mass is 288 g/mol. The number of ether oxygens (including phenoxy) is 1. The highest BCUT2D eigenvalue weighted by molar-refractivity contribution is 5.27. The van der Waals surface area contributed by atoms with Crippen molar-refractivity contribution >= 4 is 0 Å². The summed E-state index contributed by atoms with van der Waals surface area (Å²) in [5.41, 5.74) is 1.97. The van der Waals surface area contributed by atoms with E-state index in [-0.39, 0.29) is 5.54 Å². The van der Waals surface area contributed by atoms with Gasteiger partial charge in [0.1, 0.15) is 5.75 Å². The van der Waals surface area contributed by atoms with Gasteiger partial charge < -0.3 is 10.1 Å². The van der Waals surface area contributed by atoms with E-state index in [1.54, 1.807) is 7.11 Å². The van der Waals surface area contributed by atoms with Crippen molar-refractivity contribution in [2.45, 2.75) is 57.2 Å². The first-order valence-corrected chi connectivity index (χ1v) is 8.16. The summed E-state index contributed by atoms with van der Waals surface area (Å²) in [4.78, 5) is 2.66. The third-order valence-electron chi connectivity index (χ3n) is 5.34. The molecular weight excluding hydrogens is 260 g/mol. The van der Waals surface area contributed by atoms with Crippen molar-refractivity contribution in [1.29, 1.82) is 0 Å². The van der Waals surface area contributed by atoms with Crippen molar-refractivity contribution in [1.82, 2.24) is 10.2 Å². The molecule has 21 heavy (non-hydrogen) atoms. The molecule has 3 nitrogen and oxygen atoms in total. The molecule has 0 radical (unpaired) electrons. The predicted octanol–water partition coefficient (Wildman–Crippen LogP) is 3.19. The van der Waals surface area contributed by atoms with Gasteiger partial charge in [-0.2, -0.15) is 0 Å². The molecule has 1 N–H and O–H groups in total. The van der Waals surface area contributed by atoms with Crippen LogP contribution in [0.1, 0.15) is 45.1 Å². The number of benzene rings is 1. The topological polar surface area (TPSA) is 24.5 Å². The van der Waals surface area contributed by atoms with Crippen LogP contribution in [0.15, 0.2) is 24.3 Å². The summed E-state index contributed by atoms with van der Waals surface area (Å²) < 4.78 is 5.25. The van der Waals surface area contributed by atoms with E-state index in [2.05, 4.69) is 48.3 Å². The number of hydrogen-bond donors (Lipinski definition) is 1. The molecule has 0 unspecified atom stereocenters. The Bertz CT molecular complexity index is 474. The van der Waals surface area contributed by atoms with Crippen molar-refractivity contribution in [3.63, 3.8) is 0 Å². The lowest BCUT2D eigenvalue weighted by molar-refractivity contribution is 0.0217. The Morgan fingerprint density at radius 3 is 2.43 bits per heavy atom. The van der Waals surface area contributed by atoms with Gasteiger partial charge in [0.15, 0.2) is 0 Å². The minimum Gasteiger partial charge on any atom is -0.497 e. The Morgan fingerprint density at radius 1 is 1.14 bits per heavy atom. The van der Waals surface area contributed by atoms with E-state index in [4.69, 9.17) is 4.74 Å². The molecule has 1 aromatic carbocycles. The maximum absolute atomic E-state index is 5.25. The van der Waals surface area contributed by atoms with E-state index in [9.17, 15) is 0 Å². The summed E-state index contributed by atoms with van der Waals surface area (Å²) in [5, 5.41) is 3.86. The number of methoxy groups -OCH3 is 1. The minimum absolute atomic E-state index is 0.216. The zero-order chi connectivity index (χ0) is 14.9. The van der Waals surface area contributed by atoms with Crippen LogP contribution >= 0.6 is 0 Å². The highest BCUT2D eigenvalue weighted by Gasteiger charge is 2.43. The highest BCUT2D eigenvalue weighted by Crippen LogP contribution is 2.36. The fraction of sp³-hybridized carbons (Fsp3) is 0.667. The SMILES string of the molecule is COc1ccc(CN2CC3(CCCC3)NCC2(C)C)cc1. The van der Waals surface area contributed by atoms with Gasteiger partial charge in [0.25, 0.3) is 0 Å². The molecule has 1 saturated carbocycles. The van der Waals surface area contributed by atoms with Gasteiger partial charge in [-0.3, -0.25) is 4.90 Å². The van der Waals surface area contributed by atoms with Crippen LogP contribution in [-0.2, 0) is 6.54 Å². The van der Waals surface area contributed by atoms with Crippen LogP contribution in [0, 0.1) is 0 Å². The molecule has 0 atom stereocenters. The third-order valence-corrected chi connectivity index (χ3v) is 5.34. The zero-order valence-electron chi connectivity index (χ0n) is 13.6. The fourth-order valence-corrected chi connectivity index (χ4v) is 3.76. The Morgan fingerprint density at radius 2 is 1.81 bits per heavy atom. The summed E-state index contributed by atoms with van der Waals surface area (Å²) in [6.07, 6.45) is 5.43. The van der Waals surface area contributed by atoms with E-state index in [0.717, 1.165) is 18.8 Å². The molecule has 1 aliphatic heterocycles. The summed E-state index contributed by atoms with van der Waals surface area (Å²) in [5.74, 6) is 0.936. The number of nitrogens with zero attached hydrogens (tertiary/aromatic N) is 1. The van der Waals surface area contributed by atoms with Crippen LogP contribution in [-0.4, -0.2) is 36.2 Å². The largest absolute Gasteiger partial charge is 0.497 e. The van der Waals surface area contributed by atoms with Gasteiger partial charge in [-0.05, 0) is 44.4 Å². The lowest BCUT2D eigenvalue weighted by Crippen LogP contribution is -2.66. The molecule has 2 fully saturated rings. The molecule has 2 aliphatic rings. The number of hydrogen-bond acceptors (Lipinski definition) is 3. The van der Waals surface area contributed by atoms with Crippen LogP contribution in [0.3, 0.4) is 0 Å². The fourth-order valence-electron chi connectivity index (χ4n) is 3.76. The molecule has 1 aromatic rings. The molecule has 0 amide bonds. The Hall–Kier alpha value is -1.06. The predicted molar refractivity (Wildman–Crippen MR) is 86.7 cm³/mol. The molecule has 116 valence electrons. The standard InChI is InChI=1S/C18H28N2O/c1-17(2)13-19-18(10-4-5-11-18)14-20(17)12-15-6-8-16(21-3)9-7-15/h6-9,19H,4-5,10-14H2,1-3H3. The molecule has 3 rings (SSSR count). The third kappa shape index (κ3) is 3.09. The Kier molecular flexibility index (Phi) is 3.98. The van der Waals surface area contributed by atoms with Crippen molar-refractivity contribution in [2.75, 3.05) is 20.2 Å². The molecule has 0 aromatic heterocycles. The minimum atomic E-state index is 0.216. The van der Waals surface area contributed by atoms with Crippen LogP contribution < -0.4 is 10.1 Å². The first kappa shape index (κ1) is 14.9. The Labute approximate surface area is 128 Å². The van der Waals surface area contributed by atoms with E-state index >= 15 is 0 Å². The maximum Gasteiger partial charge on any atom is 0.118 e. The van der Waals surface area contributed by atoms with Gasteiger partial charge >= 0.3 is 0 Å². The van der Waals surface area contributed by atoms with E-state index in [0.29, 0.717) is 5.54 Å². The second-order valence-electron chi connectivity index (χ2n) is 7.36. The summed E-state index contributed by atoms with van der Waals surface area (Å²) >= 11 is 0. The summed E-state index contributed by atoms with van der Waals surface area (Å²) in [6.45, 7) is 7.99. The van der Waals surface area contributed by atoms with Gasteiger partial charge in [-0.15, -0.1) is 0 Å². The number of rotatable bonds is 3. The van der Waals surface area contributed by atoms with Crippen molar-refractivity contribution in [2.24, 2.45) is 0 Å². The quantitative estimate of drug-likeness (QED) is 0.924. The molecule has 1 saturated heterocycles. The second-order valence-corrected chi connectivity index (χ2v) is 7.36. The molecule has 1 aliphatic carbocycles. The highest BCUT2D eigenvalue weighted by atomic mass is 16.5. The Balaban J connectivity index is 1.73. The lowest BCUT2D eigenvalue weighted by Gasteiger charge is -2.51. The number of nitrogens with one attached hydrogen (secondary N) is 1. The van der Waals surface area contributed by atoms with Gasteiger partial charge in [-0.1, -0.05) is 25.0 Å². The van der Waals surface area contributed by atoms with Crippen LogP contribution in [0.2, 0.25) is 0 Å². The van der Waals surface area contributed by atoms with Gasteiger partial charge in [0.2, 0.25) is 0 Å². The smallest absolute Gasteiger partial charge is 0.118 e. The molecule has 1 spiro atoms. The average molecular weight is 288 g/mol. The normalized spacial score (nSPS) is 24.3. The molecule has 0 bridgehead atoms. The van der Waals surface area contributed by atoms with E-state index in [1.807, 2.05) is 0 Å². The van der Waals surface area contributed by atoms with Gasteiger partial charge in [0.05, 0.1) is 7.11 Å². The van der Waals surface area contributed by atoms with E-state index < -0.39 is 0 Å². The lowest BCUT2D eigenvalue weighted by atomic mass is 9.87. The summed E-state index contributed by atoms with van der Waals surface area (Å²) in [7, 11) is 1.72. The van der Waals surface area contributed by atoms with Crippen LogP contribution in [0.4, 0.5) is 0 Å². The van der Waals surface area contributed by atoms with Crippen LogP contribution in [0.25, 0.3) is 0 Å². The number of piperazine rings is 1. The van der Waals surface area contributed by atoms with Crippen molar-refractivity contribution in [3.8, 4) is 5.75 Å². The second kappa shape index (κ2) is 5.62. The zero-order valence-corrected chi connectivity index (χ0v) is 13.6. The first-order valence-electron chi connectivity index (χ1n) is 8.16. The van der Waals surface area contributed by atoms with Crippen molar-refractivity contribution in [3.05, 3.63) is 29.8 Å². The average Bonchev–Trinajstić information content (AvgIpc) is 2.93. The van der Waals surface area contributed by atoms with Gasteiger partial charge in [0, 0.05) is 30.7 Å². The van der Waals surface area contributed by atoms with Gasteiger partial charge in [-0.25, -0.2) is 0 Å². The van der Waals surface area contributed by atoms with E-state index in [1.165, 1.54) is 37.8 Å². The molecule has 3 heteroatoms. The maximum atomic E-state index is 5.25. The molecule has 1 heterocycles. The summed E-state index contributed by atoms with van der Waals surface area (Å²) in [6, 6.07) is 8.52. The molecular formula is C18H28N2O. The van der Waals surface area contributed by atoms with Crippen LogP contribution in [0.5, 0.6) is 5.75 Å². The van der Waals surface area contributed by atoms with Crippen molar-refractivity contribution < 1.29 is 4.74 Å². The first-order chi connectivity index (χ1) is 10.0.